The molecule has 0 saturated carbocycles. The molecule has 0 spiro atoms. The molecule has 0 bridgehead atoms. The monoisotopic (exact) mass is 1720 g/mol. The largest absolute Gasteiger partial charge is 0.310 e. The number of benzene rings is 22. The summed E-state index contributed by atoms with van der Waals surface area (Å²) in [7, 11) is 0. The average molecular weight is 1720 g/mol. The van der Waals surface area contributed by atoms with Gasteiger partial charge in [-0.3, -0.25) is 0 Å². The highest BCUT2D eigenvalue weighted by molar-refractivity contribution is 6.36. The molecule has 2 aliphatic rings. The Morgan fingerprint density at radius 3 is 0.985 bits per heavy atom. The lowest BCUT2D eigenvalue weighted by atomic mass is 9.81. The number of aromatic nitrogens is 3. The lowest BCUT2D eigenvalue weighted by molar-refractivity contribution is 0.660. The van der Waals surface area contributed by atoms with Gasteiger partial charge in [0.2, 0.25) is 0 Å². The van der Waals surface area contributed by atoms with Crippen molar-refractivity contribution in [1.29, 1.82) is 0 Å². The first-order valence-corrected chi connectivity index (χ1v) is 47.2. The minimum Gasteiger partial charge on any atom is -0.310 e. The SMILES string of the molecule is CC1(C)c2ccccc2-c2ccc(-c3ccc4cc5c6cc7c8ccccc8n(-c8ccccc8)c7c7c8cc9ccc(-c%10ccc%11c(c%10)C(C)(C)c%10ccccc%10-%11)cc9cc8n(c5cc4c3)c67)cc21.c1ccc(-c2ccc(-c3cc4c5cc6ccc(N(c7ccccc7)c7ccccc7)cc6cc5n5c6cc7cc(N(c8ccccc8)c8ccccc8)ccc7cc6c(c3)c45)cc2)cc1. The second kappa shape index (κ2) is 29.2. The molecule has 5 heteroatoms. The van der Waals surface area contributed by atoms with Gasteiger partial charge in [0.15, 0.2) is 0 Å². The third-order valence-corrected chi connectivity index (χ3v) is 30.1. The van der Waals surface area contributed by atoms with Crippen molar-refractivity contribution in [2.45, 2.75) is 38.5 Å². The zero-order chi connectivity index (χ0) is 89.2. The molecule has 5 heterocycles. The summed E-state index contributed by atoms with van der Waals surface area (Å²) in [4.78, 5) is 4.69. The number of nitrogens with zero attached hydrogens (tertiary/aromatic N) is 5. The fourth-order valence-corrected chi connectivity index (χ4v) is 23.6. The Labute approximate surface area is 781 Å². The molecular formula is C130H87N5. The van der Waals surface area contributed by atoms with Crippen molar-refractivity contribution in [2.75, 3.05) is 9.80 Å². The summed E-state index contributed by atoms with van der Waals surface area (Å²) < 4.78 is 7.65. The molecule has 0 N–H and O–H groups in total. The highest BCUT2D eigenvalue weighted by atomic mass is 15.1. The van der Waals surface area contributed by atoms with E-state index in [1.165, 1.54) is 236 Å². The van der Waals surface area contributed by atoms with E-state index in [1.54, 1.807) is 0 Å². The second-order valence-electron chi connectivity index (χ2n) is 38.3. The van der Waals surface area contributed by atoms with E-state index in [0.29, 0.717) is 0 Å². The van der Waals surface area contributed by atoms with Crippen LogP contribution in [-0.2, 0) is 10.8 Å². The molecule has 0 radical (unpaired) electrons. The van der Waals surface area contributed by atoms with Crippen LogP contribution in [-0.4, -0.2) is 13.4 Å². The summed E-state index contributed by atoms with van der Waals surface area (Å²) in [5, 5.41) is 22.6. The normalized spacial score (nSPS) is 13.2. The van der Waals surface area contributed by atoms with Gasteiger partial charge in [0.05, 0.1) is 44.1 Å². The molecule has 0 saturated heterocycles. The molecule has 0 unspecified atom stereocenters. The molecule has 0 amide bonds. The van der Waals surface area contributed by atoms with Gasteiger partial charge in [-0.05, 0) is 314 Å². The molecule has 0 fully saturated rings. The van der Waals surface area contributed by atoms with Crippen LogP contribution < -0.4 is 9.80 Å². The van der Waals surface area contributed by atoms with Crippen molar-refractivity contribution >= 4 is 175 Å². The first-order valence-electron chi connectivity index (χ1n) is 47.2. The number of para-hydroxylation sites is 6. The standard InChI is InChI=1S/C68H46N2.C62H41N3/c1-67(2)57-19-11-8-16-48(57)50-28-26-43(34-59(50)67)39-22-24-41-32-53-55-38-54-52-18-10-13-21-61(52)69(47-14-6-5-7-15-47)65(54)64-56-33-42-25-23-40(31-46(42)37-63(56)70(66(55)64)62(53)36-45(41)30-39)44-27-29-51-49-17-9-12-20-58(49)68(3,4)60(51)35-44;1-6-16-42(17-7-1)43-26-28-44(29-27-43)49-38-58-56-36-45-30-32-54(63(50-18-8-2-9-19-50)51-20-10-3-11-21-51)34-47(45)40-60(56)65-61-41-48-35-55(33-31-46(48)37-57(61)59(39-49)62(58)65)64(52-22-12-4-13-23-52)53-24-14-5-15-25-53/h5-38H,1-4H3;1-41H. The molecule has 2 aliphatic carbocycles. The van der Waals surface area contributed by atoms with Gasteiger partial charge in [-0.1, -0.05) is 301 Å². The van der Waals surface area contributed by atoms with Gasteiger partial charge in [0.1, 0.15) is 0 Å². The third-order valence-electron chi connectivity index (χ3n) is 30.1. The van der Waals surface area contributed by atoms with E-state index in [1.807, 2.05) is 0 Å². The molecule has 27 aromatic rings. The van der Waals surface area contributed by atoms with Gasteiger partial charge >= 0.3 is 0 Å². The number of hydrogen-bond donors (Lipinski definition) is 0. The predicted molar refractivity (Wildman–Crippen MR) is 573 cm³/mol. The van der Waals surface area contributed by atoms with Gasteiger partial charge < -0.3 is 23.2 Å². The van der Waals surface area contributed by atoms with Crippen molar-refractivity contribution in [3.63, 3.8) is 0 Å². The first-order chi connectivity index (χ1) is 66.4. The average Bonchev–Trinajstić information content (AvgIpc) is 1.51. The topological polar surface area (TPSA) is 20.2 Å². The Morgan fingerprint density at radius 2 is 0.511 bits per heavy atom. The van der Waals surface area contributed by atoms with E-state index < -0.39 is 0 Å². The highest BCUT2D eigenvalue weighted by Gasteiger charge is 2.38. The van der Waals surface area contributed by atoms with Gasteiger partial charge in [-0.25, -0.2) is 0 Å². The fraction of sp³-hybridized carbons (Fsp3) is 0.0462. The summed E-state index contributed by atoms with van der Waals surface area (Å²) in [5.74, 6) is 0. The van der Waals surface area contributed by atoms with E-state index in [4.69, 9.17) is 0 Å². The Morgan fingerprint density at radius 1 is 0.178 bits per heavy atom. The number of anilines is 6. The van der Waals surface area contributed by atoms with Gasteiger partial charge in [-0.2, -0.15) is 0 Å². The Kier molecular flexibility index (Phi) is 16.6. The van der Waals surface area contributed by atoms with Crippen LogP contribution in [0.15, 0.2) is 455 Å². The van der Waals surface area contributed by atoms with Crippen molar-refractivity contribution in [3.8, 4) is 72.4 Å². The molecule has 0 atom stereocenters. The molecular weight excluding hydrogens is 1630 g/mol. The van der Waals surface area contributed by atoms with E-state index >= 15 is 0 Å². The van der Waals surface area contributed by atoms with E-state index in [2.05, 4.69) is 506 Å². The number of hydrogen-bond acceptors (Lipinski definition) is 2. The molecule has 29 rings (SSSR count). The van der Waals surface area contributed by atoms with Crippen LogP contribution in [0.25, 0.3) is 214 Å². The lowest BCUT2D eigenvalue weighted by Gasteiger charge is -2.25. The molecule has 5 aromatic heterocycles. The van der Waals surface area contributed by atoms with E-state index in [0.717, 1.165) is 34.1 Å². The zero-order valence-electron chi connectivity index (χ0n) is 75.0. The van der Waals surface area contributed by atoms with Crippen molar-refractivity contribution in [3.05, 3.63) is 477 Å². The fourth-order valence-electron chi connectivity index (χ4n) is 23.6. The number of fused-ring (bicyclic) bond motifs is 26. The van der Waals surface area contributed by atoms with Crippen LogP contribution in [0.1, 0.15) is 49.9 Å². The molecule has 0 aliphatic heterocycles. The van der Waals surface area contributed by atoms with Crippen molar-refractivity contribution in [1.82, 2.24) is 13.4 Å². The maximum atomic E-state index is 2.60. The van der Waals surface area contributed by atoms with Gasteiger partial charge in [0.25, 0.3) is 0 Å². The predicted octanol–water partition coefficient (Wildman–Crippen LogP) is 35.6. The Hall–Kier alpha value is -17.1. The molecule has 135 heavy (non-hydrogen) atoms. The van der Waals surface area contributed by atoms with Crippen molar-refractivity contribution < 1.29 is 0 Å². The second-order valence-corrected chi connectivity index (χ2v) is 38.3. The van der Waals surface area contributed by atoms with Crippen LogP contribution in [0.2, 0.25) is 0 Å². The third kappa shape index (κ3) is 11.6. The Balaban J connectivity index is 0.000000134. The highest BCUT2D eigenvalue weighted by Crippen LogP contribution is 2.55. The first kappa shape index (κ1) is 76.7. The molecule has 22 aromatic carbocycles. The van der Waals surface area contributed by atoms with Crippen LogP contribution in [0.4, 0.5) is 34.1 Å². The van der Waals surface area contributed by atoms with Crippen LogP contribution >= 0.6 is 0 Å². The number of rotatable bonds is 11. The minimum absolute atomic E-state index is 0.0569. The van der Waals surface area contributed by atoms with Crippen LogP contribution in [0.5, 0.6) is 0 Å². The summed E-state index contributed by atoms with van der Waals surface area (Å²) in [5.41, 5.74) is 38.6. The molecule has 632 valence electrons. The summed E-state index contributed by atoms with van der Waals surface area (Å²) in [6, 6.07) is 169. The van der Waals surface area contributed by atoms with E-state index in [9.17, 15) is 0 Å². The summed E-state index contributed by atoms with van der Waals surface area (Å²) in [6.45, 7) is 9.48. The maximum absolute atomic E-state index is 2.60. The lowest BCUT2D eigenvalue weighted by Crippen LogP contribution is -2.14. The van der Waals surface area contributed by atoms with E-state index in [-0.39, 0.29) is 10.8 Å². The Bertz CT molecular complexity index is 9290. The quantitative estimate of drug-likeness (QED) is 0.129. The maximum Gasteiger partial charge on any atom is 0.0642 e. The minimum atomic E-state index is -0.0602. The summed E-state index contributed by atoms with van der Waals surface area (Å²) in [6.07, 6.45) is 0. The van der Waals surface area contributed by atoms with Crippen molar-refractivity contribution in [2.24, 2.45) is 0 Å². The molecule has 5 nitrogen and oxygen atoms in total. The smallest absolute Gasteiger partial charge is 0.0642 e. The zero-order valence-corrected chi connectivity index (χ0v) is 75.0. The summed E-state index contributed by atoms with van der Waals surface area (Å²) >= 11 is 0. The van der Waals surface area contributed by atoms with Crippen LogP contribution in [0.3, 0.4) is 0 Å². The van der Waals surface area contributed by atoms with Crippen LogP contribution in [0, 0.1) is 0 Å². The van der Waals surface area contributed by atoms with Gasteiger partial charge in [0, 0.05) is 105 Å². The van der Waals surface area contributed by atoms with Gasteiger partial charge in [-0.15, -0.1) is 0 Å².